The monoisotopic (exact) mass is 306 g/mol. The second-order valence-electron chi connectivity index (χ2n) is 5.59. The molecule has 4 nitrogen and oxygen atoms in total. The minimum absolute atomic E-state index is 0.279. The largest absolute Gasteiger partial charge is 0.342 e. The summed E-state index contributed by atoms with van der Waals surface area (Å²) in [4.78, 5) is 15.6. The topological polar surface area (TPSA) is 57.4 Å². The van der Waals surface area contributed by atoms with Gasteiger partial charge in [-0.3, -0.25) is 0 Å². The molecular formula is C18H15FN4. The lowest BCUT2D eigenvalue weighted by Crippen LogP contribution is -1.88. The Bertz CT molecular complexity index is 993. The molecule has 2 heterocycles. The zero-order valence-corrected chi connectivity index (χ0v) is 12.8. The van der Waals surface area contributed by atoms with Crippen molar-refractivity contribution >= 4 is 11.0 Å². The highest BCUT2D eigenvalue weighted by Gasteiger charge is 2.14. The van der Waals surface area contributed by atoms with Gasteiger partial charge in [0.15, 0.2) is 0 Å². The van der Waals surface area contributed by atoms with E-state index in [0.29, 0.717) is 11.3 Å². The summed E-state index contributed by atoms with van der Waals surface area (Å²) in [6.45, 7) is 3.97. The number of aromatic amines is 2. The Morgan fingerprint density at radius 1 is 0.870 bits per heavy atom. The predicted molar refractivity (Wildman–Crippen MR) is 88.5 cm³/mol. The average Bonchev–Trinajstić information content (AvgIpc) is 3.10. The van der Waals surface area contributed by atoms with Crippen LogP contribution in [0, 0.1) is 19.7 Å². The number of fused-ring (bicyclic) bond motifs is 1. The Hall–Kier alpha value is -2.95. The minimum atomic E-state index is -0.279. The van der Waals surface area contributed by atoms with E-state index in [-0.39, 0.29) is 5.82 Å². The molecule has 0 aliphatic carbocycles. The number of hydrogen-bond acceptors (Lipinski definition) is 2. The molecule has 0 amide bonds. The third kappa shape index (κ3) is 2.30. The van der Waals surface area contributed by atoms with Crippen molar-refractivity contribution in [2.24, 2.45) is 0 Å². The van der Waals surface area contributed by atoms with E-state index >= 15 is 0 Å². The molecule has 0 aliphatic rings. The van der Waals surface area contributed by atoms with Crippen LogP contribution in [0.5, 0.6) is 0 Å². The van der Waals surface area contributed by atoms with E-state index in [4.69, 9.17) is 0 Å². The molecule has 5 heteroatoms. The maximum atomic E-state index is 13.4. The second kappa shape index (κ2) is 5.05. The summed E-state index contributed by atoms with van der Waals surface area (Å²) in [5, 5.41) is 0. The molecular weight excluding hydrogens is 291 g/mol. The number of benzene rings is 2. The maximum absolute atomic E-state index is 13.4. The van der Waals surface area contributed by atoms with Gasteiger partial charge >= 0.3 is 0 Å². The summed E-state index contributed by atoms with van der Waals surface area (Å²) in [6, 6.07) is 12.4. The average molecular weight is 306 g/mol. The predicted octanol–water partition coefficient (Wildman–Crippen LogP) is 4.38. The van der Waals surface area contributed by atoms with Crippen LogP contribution in [0.25, 0.3) is 33.8 Å². The van der Waals surface area contributed by atoms with Crippen molar-refractivity contribution < 1.29 is 4.39 Å². The Morgan fingerprint density at radius 3 is 2.22 bits per heavy atom. The van der Waals surface area contributed by atoms with Crippen molar-refractivity contribution in [3.63, 3.8) is 0 Å². The first-order valence-electron chi connectivity index (χ1n) is 7.40. The number of aryl methyl sites for hydroxylation is 2. The lowest BCUT2D eigenvalue weighted by Gasteiger charge is -2.04. The van der Waals surface area contributed by atoms with Crippen molar-refractivity contribution in [3.8, 4) is 22.8 Å². The van der Waals surface area contributed by atoms with Crippen LogP contribution in [0.2, 0.25) is 0 Å². The van der Waals surface area contributed by atoms with E-state index in [2.05, 4.69) is 19.9 Å². The summed E-state index contributed by atoms with van der Waals surface area (Å²) >= 11 is 0. The molecule has 0 saturated carbocycles. The number of nitrogens with one attached hydrogen (secondary N) is 2. The number of hydrogen-bond donors (Lipinski definition) is 2. The highest BCUT2D eigenvalue weighted by atomic mass is 19.1. The van der Waals surface area contributed by atoms with Gasteiger partial charge in [0.25, 0.3) is 0 Å². The quantitative estimate of drug-likeness (QED) is 0.577. The summed E-state index contributed by atoms with van der Waals surface area (Å²) in [7, 11) is 0. The molecule has 2 aromatic carbocycles. The second-order valence-corrected chi connectivity index (χ2v) is 5.59. The van der Waals surface area contributed by atoms with E-state index in [0.717, 1.165) is 33.9 Å². The Balaban J connectivity index is 1.91. The summed E-state index contributed by atoms with van der Waals surface area (Å²) in [6.07, 6.45) is 0. The lowest BCUT2D eigenvalue weighted by atomic mass is 10.1. The van der Waals surface area contributed by atoms with Crippen molar-refractivity contribution in [2.75, 3.05) is 0 Å². The zero-order valence-electron chi connectivity index (χ0n) is 12.8. The maximum Gasteiger partial charge on any atom is 0.139 e. The third-order valence-corrected chi connectivity index (χ3v) is 4.01. The zero-order chi connectivity index (χ0) is 16.0. The van der Waals surface area contributed by atoms with Gasteiger partial charge in [0.1, 0.15) is 17.5 Å². The number of aromatic nitrogens is 4. The standard InChI is InChI=1S/C18H15FN4/c1-10-11(2)21-17(20-10)13-5-3-4-6-14(13)18-22-15-8-7-12(19)9-16(15)23-18/h3-9H,1-2H3,(H,20,21)(H,22,23). The number of rotatable bonds is 2. The molecule has 4 rings (SSSR count). The molecule has 0 radical (unpaired) electrons. The molecule has 0 atom stereocenters. The van der Waals surface area contributed by atoms with Crippen molar-refractivity contribution in [2.45, 2.75) is 13.8 Å². The van der Waals surface area contributed by atoms with Crippen LogP contribution < -0.4 is 0 Å². The minimum Gasteiger partial charge on any atom is -0.342 e. The SMILES string of the molecule is Cc1nc(-c2ccccc2-c2nc3ccc(F)cc3[nH]2)[nH]c1C. The van der Waals surface area contributed by atoms with E-state index in [1.165, 1.54) is 12.1 Å². The molecule has 4 aromatic rings. The highest BCUT2D eigenvalue weighted by molar-refractivity contribution is 5.84. The van der Waals surface area contributed by atoms with Gasteiger partial charge in [0, 0.05) is 16.8 Å². The van der Waals surface area contributed by atoms with E-state index in [9.17, 15) is 4.39 Å². The van der Waals surface area contributed by atoms with Gasteiger partial charge < -0.3 is 9.97 Å². The molecule has 0 aliphatic heterocycles. The molecule has 0 fully saturated rings. The fourth-order valence-electron chi connectivity index (χ4n) is 2.68. The normalized spacial score (nSPS) is 11.3. The van der Waals surface area contributed by atoms with Gasteiger partial charge in [0.05, 0.1) is 16.7 Å². The number of halogens is 1. The number of H-pyrrole nitrogens is 2. The Morgan fingerprint density at radius 2 is 1.57 bits per heavy atom. The molecule has 0 bridgehead atoms. The summed E-state index contributed by atoms with van der Waals surface area (Å²) in [5.41, 5.74) is 5.33. The van der Waals surface area contributed by atoms with Gasteiger partial charge in [-0.2, -0.15) is 0 Å². The molecule has 0 spiro atoms. The van der Waals surface area contributed by atoms with Crippen LogP contribution in [-0.2, 0) is 0 Å². The molecule has 114 valence electrons. The summed E-state index contributed by atoms with van der Waals surface area (Å²) in [5.74, 6) is 1.23. The van der Waals surface area contributed by atoms with Crippen molar-refractivity contribution in [1.29, 1.82) is 0 Å². The van der Waals surface area contributed by atoms with Gasteiger partial charge in [-0.1, -0.05) is 24.3 Å². The van der Waals surface area contributed by atoms with Crippen molar-refractivity contribution in [3.05, 3.63) is 59.7 Å². The third-order valence-electron chi connectivity index (χ3n) is 4.01. The van der Waals surface area contributed by atoms with Gasteiger partial charge in [0.2, 0.25) is 0 Å². The molecule has 23 heavy (non-hydrogen) atoms. The van der Waals surface area contributed by atoms with Crippen molar-refractivity contribution in [1.82, 2.24) is 19.9 Å². The summed E-state index contributed by atoms with van der Waals surface area (Å²) < 4.78 is 13.4. The highest BCUT2D eigenvalue weighted by Crippen LogP contribution is 2.30. The lowest BCUT2D eigenvalue weighted by molar-refractivity contribution is 0.629. The number of nitrogens with zero attached hydrogens (tertiary/aromatic N) is 2. The van der Waals surface area contributed by atoms with Crippen LogP contribution in [0.15, 0.2) is 42.5 Å². The van der Waals surface area contributed by atoms with Gasteiger partial charge in [-0.25, -0.2) is 14.4 Å². The van der Waals surface area contributed by atoms with Crippen LogP contribution in [-0.4, -0.2) is 19.9 Å². The number of imidazole rings is 2. The fraction of sp³-hybridized carbons (Fsp3) is 0.111. The fourth-order valence-corrected chi connectivity index (χ4v) is 2.68. The molecule has 0 unspecified atom stereocenters. The molecule has 0 saturated heterocycles. The van der Waals surface area contributed by atoms with E-state index < -0.39 is 0 Å². The van der Waals surface area contributed by atoms with E-state index in [1.807, 2.05) is 38.1 Å². The molecule has 2 aromatic heterocycles. The molecule has 2 N–H and O–H groups in total. The van der Waals surface area contributed by atoms with Gasteiger partial charge in [-0.05, 0) is 32.0 Å². The van der Waals surface area contributed by atoms with Crippen LogP contribution >= 0.6 is 0 Å². The van der Waals surface area contributed by atoms with E-state index in [1.54, 1.807) is 6.07 Å². The van der Waals surface area contributed by atoms with Gasteiger partial charge in [-0.15, -0.1) is 0 Å². The first-order chi connectivity index (χ1) is 11.1. The first kappa shape index (κ1) is 13.7. The van der Waals surface area contributed by atoms with Crippen LogP contribution in [0.1, 0.15) is 11.4 Å². The first-order valence-corrected chi connectivity index (χ1v) is 7.40. The smallest absolute Gasteiger partial charge is 0.139 e. The van der Waals surface area contributed by atoms with Crippen LogP contribution in [0.3, 0.4) is 0 Å². The Kier molecular flexibility index (Phi) is 3.01. The van der Waals surface area contributed by atoms with Crippen LogP contribution in [0.4, 0.5) is 4.39 Å². The Labute approximate surface area is 132 Å².